The molecule has 0 N–H and O–H groups in total. The van der Waals surface area contributed by atoms with Gasteiger partial charge in [-0.3, -0.25) is 10.1 Å². The molecule has 1 saturated heterocycles. The van der Waals surface area contributed by atoms with Crippen LogP contribution < -0.4 is 9.80 Å². The fraction of sp³-hybridized carbons (Fsp3) is 0.455. The van der Waals surface area contributed by atoms with E-state index < -0.39 is 0 Å². The van der Waals surface area contributed by atoms with Gasteiger partial charge in [-0.25, -0.2) is 9.97 Å². The van der Waals surface area contributed by atoms with Crippen LogP contribution >= 0.6 is 11.6 Å². The number of nitrogens with zero attached hydrogens (tertiary/aromatic N) is 6. The van der Waals surface area contributed by atoms with Crippen LogP contribution in [-0.2, 0) is 0 Å². The van der Waals surface area contributed by atoms with Crippen LogP contribution in [0.25, 0.3) is 5.57 Å². The highest BCUT2D eigenvalue weighted by Crippen LogP contribution is 2.37. The van der Waals surface area contributed by atoms with Crippen LogP contribution in [-0.4, -0.2) is 66.1 Å². The summed E-state index contributed by atoms with van der Waals surface area (Å²) < 4.78 is 0. The molecule has 0 atom stereocenters. The van der Waals surface area contributed by atoms with Gasteiger partial charge < -0.3 is 14.7 Å². The highest BCUT2D eigenvalue weighted by molar-refractivity contribution is 6.30. The van der Waals surface area contributed by atoms with Gasteiger partial charge in [0.25, 0.3) is 0 Å². The molecule has 9 heteroatoms. The lowest BCUT2D eigenvalue weighted by Gasteiger charge is -2.35. The zero-order chi connectivity index (χ0) is 22.0. The molecular formula is C22H27ClN6O2. The third-order valence-electron chi connectivity index (χ3n) is 6.26. The molecule has 0 saturated carbocycles. The van der Waals surface area contributed by atoms with E-state index >= 15 is 0 Å². The van der Waals surface area contributed by atoms with E-state index in [1.165, 1.54) is 11.9 Å². The fourth-order valence-electron chi connectivity index (χ4n) is 4.36. The van der Waals surface area contributed by atoms with Crippen molar-refractivity contribution in [1.82, 2.24) is 14.9 Å². The molecule has 0 unspecified atom stereocenters. The second-order valence-electron chi connectivity index (χ2n) is 8.20. The predicted octanol–water partition coefficient (Wildman–Crippen LogP) is 3.86. The van der Waals surface area contributed by atoms with Gasteiger partial charge in [0.05, 0.1) is 4.92 Å². The maximum Gasteiger partial charge on any atom is 0.353 e. The van der Waals surface area contributed by atoms with Crippen LogP contribution in [0.2, 0.25) is 5.02 Å². The molecular weight excluding hydrogens is 416 g/mol. The Balaban J connectivity index is 1.58. The Hall–Kier alpha value is -2.71. The Kier molecular flexibility index (Phi) is 6.38. The molecule has 0 aliphatic carbocycles. The Morgan fingerprint density at radius 2 is 1.87 bits per heavy atom. The molecule has 4 rings (SSSR count). The minimum absolute atomic E-state index is 0.00716. The largest absolute Gasteiger partial charge is 0.353 e. The average molecular weight is 443 g/mol. The molecule has 1 fully saturated rings. The van der Waals surface area contributed by atoms with Gasteiger partial charge >= 0.3 is 5.69 Å². The van der Waals surface area contributed by atoms with Crippen molar-refractivity contribution in [2.75, 3.05) is 50.1 Å². The highest BCUT2D eigenvalue weighted by Gasteiger charge is 2.32. The van der Waals surface area contributed by atoms with E-state index in [4.69, 9.17) is 11.6 Å². The molecule has 3 heterocycles. The molecule has 1 aromatic carbocycles. The molecule has 2 aliphatic heterocycles. The van der Waals surface area contributed by atoms with Crippen molar-refractivity contribution >= 4 is 34.5 Å². The van der Waals surface area contributed by atoms with Crippen LogP contribution in [0.3, 0.4) is 0 Å². The first-order chi connectivity index (χ1) is 14.9. The van der Waals surface area contributed by atoms with E-state index in [0.29, 0.717) is 29.7 Å². The van der Waals surface area contributed by atoms with Gasteiger partial charge in [0, 0.05) is 31.2 Å². The molecule has 8 nitrogen and oxygen atoms in total. The van der Waals surface area contributed by atoms with Crippen molar-refractivity contribution in [3.63, 3.8) is 0 Å². The van der Waals surface area contributed by atoms with E-state index in [2.05, 4.69) is 28.0 Å². The first kappa shape index (κ1) is 21.5. The van der Waals surface area contributed by atoms with Crippen LogP contribution in [0.1, 0.15) is 24.8 Å². The monoisotopic (exact) mass is 442 g/mol. The SMILES string of the molecule is CN1CCC(N(C)c2ncnc(N3CC=C(c4ccc(Cl)cc4)CC3)c2[N+](=O)[O-])CC1. The van der Waals surface area contributed by atoms with Crippen LogP contribution in [0, 0.1) is 10.1 Å². The van der Waals surface area contributed by atoms with Gasteiger partial charge in [0.15, 0.2) is 0 Å². The van der Waals surface area contributed by atoms with E-state index in [1.807, 2.05) is 41.1 Å². The third-order valence-corrected chi connectivity index (χ3v) is 6.51. The van der Waals surface area contributed by atoms with Crippen molar-refractivity contribution in [1.29, 1.82) is 0 Å². The Labute approximate surface area is 187 Å². The quantitative estimate of drug-likeness (QED) is 0.513. The van der Waals surface area contributed by atoms with Gasteiger partial charge in [0.1, 0.15) is 6.33 Å². The fourth-order valence-corrected chi connectivity index (χ4v) is 4.48. The number of rotatable bonds is 5. The number of halogens is 1. The summed E-state index contributed by atoms with van der Waals surface area (Å²) in [4.78, 5) is 26.6. The van der Waals surface area contributed by atoms with Crippen LogP contribution in [0.5, 0.6) is 0 Å². The Bertz CT molecular complexity index is 972. The molecule has 164 valence electrons. The van der Waals surface area contributed by atoms with Crippen molar-refractivity contribution in [2.45, 2.75) is 25.3 Å². The summed E-state index contributed by atoms with van der Waals surface area (Å²) in [5.41, 5.74) is 2.34. The van der Waals surface area contributed by atoms with Crippen molar-refractivity contribution in [2.24, 2.45) is 0 Å². The van der Waals surface area contributed by atoms with E-state index in [-0.39, 0.29) is 16.7 Å². The smallest absolute Gasteiger partial charge is 0.351 e. The maximum atomic E-state index is 12.1. The molecule has 1 aromatic heterocycles. The summed E-state index contributed by atoms with van der Waals surface area (Å²) in [5, 5.41) is 12.8. The first-order valence-electron chi connectivity index (χ1n) is 10.5. The predicted molar refractivity (Wildman–Crippen MR) is 124 cm³/mol. The first-order valence-corrected chi connectivity index (χ1v) is 10.9. The number of anilines is 2. The summed E-state index contributed by atoms with van der Waals surface area (Å²) >= 11 is 5.99. The number of nitro groups is 1. The molecule has 0 bridgehead atoms. The van der Waals surface area contributed by atoms with Gasteiger partial charge in [-0.15, -0.1) is 0 Å². The molecule has 2 aliphatic rings. The standard InChI is InChI=1S/C22H27ClN6O2/c1-26-11-9-19(10-12-26)27(2)21-20(29(30)31)22(25-15-24-21)28-13-7-17(8-14-28)16-3-5-18(23)6-4-16/h3-7,15,19H,8-14H2,1-2H3. The van der Waals surface area contributed by atoms with Gasteiger partial charge in [-0.05, 0) is 62.7 Å². The minimum atomic E-state index is -0.339. The molecule has 0 amide bonds. The summed E-state index contributed by atoms with van der Waals surface area (Å²) in [5.74, 6) is 0.790. The zero-order valence-corrected chi connectivity index (χ0v) is 18.6. The summed E-state index contributed by atoms with van der Waals surface area (Å²) in [6.45, 7) is 3.17. The highest BCUT2D eigenvalue weighted by atomic mass is 35.5. The number of benzene rings is 1. The maximum absolute atomic E-state index is 12.1. The molecule has 2 aromatic rings. The zero-order valence-electron chi connectivity index (χ0n) is 17.9. The number of likely N-dealkylation sites (tertiary alicyclic amines) is 1. The summed E-state index contributed by atoms with van der Waals surface area (Å²) in [6, 6.07) is 8.00. The number of hydrogen-bond donors (Lipinski definition) is 0. The van der Waals surface area contributed by atoms with Gasteiger partial charge in [-0.1, -0.05) is 29.8 Å². The summed E-state index contributed by atoms with van der Waals surface area (Å²) in [6.07, 6.45) is 6.25. The van der Waals surface area contributed by atoms with E-state index in [9.17, 15) is 10.1 Å². The van der Waals surface area contributed by atoms with Crippen LogP contribution in [0.15, 0.2) is 36.7 Å². The number of piperidine rings is 1. The lowest BCUT2D eigenvalue weighted by molar-refractivity contribution is -0.383. The van der Waals surface area contributed by atoms with Crippen LogP contribution in [0.4, 0.5) is 17.3 Å². The molecule has 0 radical (unpaired) electrons. The third kappa shape index (κ3) is 4.65. The summed E-state index contributed by atoms with van der Waals surface area (Å²) in [7, 11) is 4.01. The van der Waals surface area contributed by atoms with E-state index in [0.717, 1.165) is 37.9 Å². The van der Waals surface area contributed by atoms with E-state index in [1.54, 1.807) is 0 Å². The second kappa shape index (κ2) is 9.20. The van der Waals surface area contributed by atoms with Gasteiger partial charge in [0.2, 0.25) is 11.6 Å². The molecule has 31 heavy (non-hydrogen) atoms. The van der Waals surface area contributed by atoms with Crippen molar-refractivity contribution in [3.8, 4) is 0 Å². The second-order valence-corrected chi connectivity index (χ2v) is 8.64. The number of aromatic nitrogens is 2. The minimum Gasteiger partial charge on any atom is -0.351 e. The topological polar surface area (TPSA) is 78.6 Å². The average Bonchev–Trinajstić information content (AvgIpc) is 2.79. The Morgan fingerprint density at radius 1 is 1.16 bits per heavy atom. The van der Waals surface area contributed by atoms with Crippen molar-refractivity contribution < 1.29 is 4.92 Å². The van der Waals surface area contributed by atoms with Gasteiger partial charge in [-0.2, -0.15) is 0 Å². The number of hydrogen-bond acceptors (Lipinski definition) is 7. The lowest BCUT2D eigenvalue weighted by Crippen LogP contribution is -2.42. The normalized spacial score (nSPS) is 18.0. The lowest BCUT2D eigenvalue weighted by atomic mass is 9.99. The van der Waals surface area contributed by atoms with Crippen molar-refractivity contribution in [3.05, 3.63) is 57.4 Å². The Morgan fingerprint density at radius 3 is 2.48 bits per heavy atom. The molecule has 0 spiro atoms.